The van der Waals surface area contributed by atoms with Gasteiger partial charge in [-0.15, -0.1) is 0 Å². The first kappa shape index (κ1) is 16.9. The Balaban J connectivity index is 2.70. The van der Waals surface area contributed by atoms with E-state index in [1.165, 1.54) is 0 Å². The van der Waals surface area contributed by atoms with Gasteiger partial charge in [0.2, 0.25) is 0 Å². The Morgan fingerprint density at radius 3 is 2.32 bits per heavy atom. The van der Waals surface area contributed by atoms with E-state index < -0.39 is 8.32 Å². The molecule has 1 N–H and O–H groups in total. The summed E-state index contributed by atoms with van der Waals surface area (Å²) in [5.74, 6) is 0.244. The van der Waals surface area contributed by atoms with Crippen LogP contribution in [0.4, 0.5) is 0 Å². The van der Waals surface area contributed by atoms with Crippen molar-refractivity contribution in [3.63, 3.8) is 0 Å². The van der Waals surface area contributed by atoms with E-state index in [4.69, 9.17) is 4.43 Å². The standard InChI is InChI=1S/C16H32O2Si/c1-12(2)13-9-10-16(6,14(13)17)11-18-19(7,8)15(3,4)5/h13-14,17H,1,9-11H2,2-8H3. The number of rotatable bonds is 4. The van der Waals surface area contributed by atoms with E-state index in [1.54, 1.807) is 0 Å². The minimum atomic E-state index is -1.73. The second-order valence-electron chi connectivity index (χ2n) is 8.14. The summed E-state index contributed by atoms with van der Waals surface area (Å²) in [5.41, 5.74) is 0.989. The van der Waals surface area contributed by atoms with E-state index >= 15 is 0 Å². The predicted octanol–water partition coefficient (Wildman–Crippen LogP) is 4.36. The normalized spacial score (nSPS) is 32.6. The molecule has 1 rings (SSSR count). The highest BCUT2D eigenvalue weighted by molar-refractivity contribution is 6.74. The lowest BCUT2D eigenvalue weighted by molar-refractivity contribution is 0.00865. The maximum atomic E-state index is 10.6. The molecule has 0 aromatic rings. The van der Waals surface area contributed by atoms with Gasteiger partial charge in [0.05, 0.1) is 6.10 Å². The summed E-state index contributed by atoms with van der Waals surface area (Å²) >= 11 is 0. The van der Waals surface area contributed by atoms with Crippen LogP contribution in [0.25, 0.3) is 0 Å². The van der Waals surface area contributed by atoms with E-state index in [-0.39, 0.29) is 22.5 Å². The first-order valence-electron chi connectivity index (χ1n) is 7.38. The Bertz CT molecular complexity index is 343. The fourth-order valence-electron chi connectivity index (χ4n) is 2.51. The molecule has 1 saturated carbocycles. The van der Waals surface area contributed by atoms with E-state index in [2.05, 4.69) is 47.4 Å². The highest BCUT2D eigenvalue weighted by Gasteiger charge is 2.47. The largest absolute Gasteiger partial charge is 0.416 e. The molecule has 1 aliphatic carbocycles. The molecule has 3 unspecified atom stereocenters. The second kappa shape index (κ2) is 5.34. The van der Waals surface area contributed by atoms with E-state index in [0.29, 0.717) is 6.61 Å². The molecule has 1 fully saturated rings. The SMILES string of the molecule is C=C(C)C1CCC(C)(CO[Si](C)(C)C(C)(C)C)C1O. The molecule has 19 heavy (non-hydrogen) atoms. The van der Waals surface area contributed by atoms with Crippen LogP contribution < -0.4 is 0 Å². The molecule has 0 heterocycles. The average molecular weight is 285 g/mol. The van der Waals surface area contributed by atoms with Gasteiger partial charge < -0.3 is 9.53 Å². The number of hydrogen-bond donors (Lipinski definition) is 1. The fraction of sp³-hybridized carbons (Fsp3) is 0.875. The van der Waals surface area contributed by atoms with Crippen LogP contribution in [0.2, 0.25) is 18.1 Å². The molecule has 0 amide bonds. The van der Waals surface area contributed by atoms with Gasteiger partial charge >= 0.3 is 0 Å². The van der Waals surface area contributed by atoms with E-state index in [9.17, 15) is 5.11 Å². The van der Waals surface area contributed by atoms with Crippen molar-refractivity contribution in [3.05, 3.63) is 12.2 Å². The third kappa shape index (κ3) is 3.50. The zero-order valence-corrected chi connectivity index (χ0v) is 14.8. The van der Waals surface area contributed by atoms with Crippen molar-refractivity contribution in [2.75, 3.05) is 6.61 Å². The molecule has 0 aliphatic heterocycles. The van der Waals surface area contributed by atoms with Gasteiger partial charge in [0.25, 0.3) is 0 Å². The monoisotopic (exact) mass is 284 g/mol. The first-order chi connectivity index (χ1) is 8.41. The Morgan fingerprint density at radius 2 is 1.95 bits per heavy atom. The van der Waals surface area contributed by atoms with Crippen molar-refractivity contribution in [2.45, 2.75) is 71.7 Å². The Labute approximate surface area is 120 Å². The van der Waals surface area contributed by atoms with Gasteiger partial charge in [-0.25, -0.2) is 0 Å². The van der Waals surface area contributed by atoms with Gasteiger partial charge in [-0.05, 0) is 37.9 Å². The summed E-state index contributed by atoms with van der Waals surface area (Å²) in [6, 6.07) is 0. The lowest BCUT2D eigenvalue weighted by Crippen LogP contribution is -2.45. The molecular weight excluding hydrogens is 252 g/mol. The summed E-state index contributed by atoms with van der Waals surface area (Å²) in [7, 11) is -1.73. The summed E-state index contributed by atoms with van der Waals surface area (Å²) in [6.45, 7) is 20.2. The summed E-state index contributed by atoms with van der Waals surface area (Å²) in [5, 5.41) is 10.8. The summed E-state index contributed by atoms with van der Waals surface area (Å²) in [4.78, 5) is 0. The van der Waals surface area contributed by atoms with Gasteiger partial charge in [0, 0.05) is 17.9 Å². The second-order valence-corrected chi connectivity index (χ2v) is 12.9. The third-order valence-electron chi connectivity index (χ3n) is 5.32. The number of aliphatic hydroxyl groups is 1. The van der Waals surface area contributed by atoms with Gasteiger partial charge in [-0.3, -0.25) is 0 Å². The smallest absolute Gasteiger partial charge is 0.192 e. The van der Waals surface area contributed by atoms with Crippen LogP contribution in [-0.4, -0.2) is 26.1 Å². The topological polar surface area (TPSA) is 29.5 Å². The van der Waals surface area contributed by atoms with Crippen molar-refractivity contribution in [3.8, 4) is 0 Å². The van der Waals surface area contributed by atoms with Crippen molar-refractivity contribution in [1.29, 1.82) is 0 Å². The minimum Gasteiger partial charge on any atom is -0.416 e. The molecule has 0 aromatic heterocycles. The zero-order valence-electron chi connectivity index (χ0n) is 13.8. The molecule has 1 aliphatic rings. The maximum Gasteiger partial charge on any atom is 0.192 e. The Morgan fingerprint density at radius 1 is 1.42 bits per heavy atom. The molecule has 0 radical (unpaired) electrons. The fourth-order valence-corrected chi connectivity index (χ4v) is 3.64. The third-order valence-corrected chi connectivity index (χ3v) is 9.80. The van der Waals surface area contributed by atoms with Crippen LogP contribution in [0.5, 0.6) is 0 Å². The van der Waals surface area contributed by atoms with E-state index in [0.717, 1.165) is 18.4 Å². The van der Waals surface area contributed by atoms with Crippen LogP contribution in [0.15, 0.2) is 12.2 Å². The molecule has 3 heteroatoms. The maximum absolute atomic E-state index is 10.6. The number of aliphatic hydroxyl groups excluding tert-OH is 1. The van der Waals surface area contributed by atoms with Crippen LogP contribution in [0.3, 0.4) is 0 Å². The highest BCUT2D eigenvalue weighted by Crippen LogP contribution is 2.46. The van der Waals surface area contributed by atoms with Crippen LogP contribution in [-0.2, 0) is 4.43 Å². The molecule has 0 spiro atoms. The van der Waals surface area contributed by atoms with Crippen molar-refractivity contribution in [2.24, 2.45) is 11.3 Å². The lowest BCUT2D eigenvalue weighted by Gasteiger charge is -2.40. The lowest BCUT2D eigenvalue weighted by atomic mass is 9.84. The Kier molecular flexibility index (Phi) is 4.76. The quantitative estimate of drug-likeness (QED) is 0.614. The van der Waals surface area contributed by atoms with Gasteiger partial charge in [0.15, 0.2) is 8.32 Å². The highest BCUT2D eigenvalue weighted by atomic mass is 28.4. The first-order valence-corrected chi connectivity index (χ1v) is 10.3. The summed E-state index contributed by atoms with van der Waals surface area (Å²) in [6.07, 6.45) is 1.75. The molecule has 0 bridgehead atoms. The Hall–Kier alpha value is -0.123. The van der Waals surface area contributed by atoms with E-state index in [1.807, 2.05) is 6.92 Å². The predicted molar refractivity (Wildman–Crippen MR) is 84.8 cm³/mol. The van der Waals surface area contributed by atoms with Crippen LogP contribution in [0, 0.1) is 11.3 Å². The van der Waals surface area contributed by atoms with Crippen LogP contribution >= 0.6 is 0 Å². The van der Waals surface area contributed by atoms with Gasteiger partial charge in [0.1, 0.15) is 0 Å². The van der Waals surface area contributed by atoms with Crippen molar-refractivity contribution in [1.82, 2.24) is 0 Å². The molecule has 0 saturated heterocycles. The molecule has 0 aromatic carbocycles. The zero-order chi connectivity index (χ0) is 15.1. The van der Waals surface area contributed by atoms with Gasteiger partial charge in [-0.2, -0.15) is 0 Å². The molecule has 2 nitrogen and oxygen atoms in total. The minimum absolute atomic E-state index is 0.112. The van der Waals surface area contributed by atoms with Crippen molar-refractivity contribution < 1.29 is 9.53 Å². The van der Waals surface area contributed by atoms with Gasteiger partial charge in [-0.1, -0.05) is 39.8 Å². The average Bonchev–Trinajstić information content (AvgIpc) is 2.52. The summed E-state index contributed by atoms with van der Waals surface area (Å²) < 4.78 is 6.33. The number of hydrogen-bond acceptors (Lipinski definition) is 2. The molecule has 3 atom stereocenters. The molecular formula is C16H32O2Si. The molecule has 112 valence electrons. The van der Waals surface area contributed by atoms with Crippen molar-refractivity contribution >= 4 is 8.32 Å². The van der Waals surface area contributed by atoms with Crippen LogP contribution in [0.1, 0.15) is 47.5 Å².